The van der Waals surface area contributed by atoms with Gasteiger partial charge in [0.05, 0.1) is 6.61 Å². The summed E-state index contributed by atoms with van der Waals surface area (Å²) in [5.41, 5.74) is 0.569. The zero-order valence-corrected chi connectivity index (χ0v) is 11.5. The molecule has 0 radical (unpaired) electrons. The quantitative estimate of drug-likeness (QED) is 0.557. The van der Waals surface area contributed by atoms with Crippen LogP contribution in [0.5, 0.6) is 0 Å². The summed E-state index contributed by atoms with van der Waals surface area (Å²) in [5, 5.41) is 3.25. The van der Waals surface area contributed by atoms with Gasteiger partial charge in [0, 0.05) is 12.0 Å². The van der Waals surface area contributed by atoms with E-state index in [4.69, 9.17) is 4.74 Å². The van der Waals surface area contributed by atoms with Crippen LogP contribution >= 0.6 is 0 Å². The first-order valence-electron chi connectivity index (χ1n) is 6.67. The third-order valence-electron chi connectivity index (χ3n) is 2.76. The molecule has 0 heterocycles. The van der Waals surface area contributed by atoms with Crippen molar-refractivity contribution in [1.29, 1.82) is 0 Å². The molecular weight excluding hydrogens is 226 g/mol. The van der Waals surface area contributed by atoms with E-state index in [1.54, 1.807) is 0 Å². The molecule has 0 unspecified atom stereocenters. The molecular formula is C15H23NO2. The minimum absolute atomic E-state index is 0.186. The molecule has 0 aromatic carbocycles. The largest absolute Gasteiger partial charge is 0.461 e. The molecule has 0 bridgehead atoms. The molecule has 0 saturated heterocycles. The number of ether oxygens (including phenoxy) is 1. The van der Waals surface area contributed by atoms with Gasteiger partial charge < -0.3 is 10.1 Å². The molecule has 0 fully saturated rings. The lowest BCUT2D eigenvalue weighted by molar-refractivity contribution is -0.139. The van der Waals surface area contributed by atoms with Crippen molar-refractivity contribution in [3.63, 3.8) is 0 Å². The molecule has 0 aliphatic heterocycles. The topological polar surface area (TPSA) is 38.3 Å². The van der Waals surface area contributed by atoms with E-state index in [2.05, 4.69) is 19.2 Å². The second kappa shape index (κ2) is 7.75. The molecule has 1 aliphatic carbocycles. The standard InChI is InChI=1S/C15H23NO2/c1-4-8-12(3)16-14(15(17)18-5-2)11-13-9-6-7-10-13/h6-7,9-13,16H,4-5,8H2,1-3H3/b14-11+/t12-/m0/s1. The molecule has 1 N–H and O–H groups in total. The third kappa shape index (κ3) is 4.78. The second-order valence-electron chi connectivity index (χ2n) is 4.48. The summed E-state index contributed by atoms with van der Waals surface area (Å²) >= 11 is 0. The van der Waals surface area contributed by atoms with E-state index in [1.165, 1.54) is 0 Å². The lowest BCUT2D eigenvalue weighted by Gasteiger charge is -2.17. The van der Waals surface area contributed by atoms with Crippen LogP contribution in [0.15, 0.2) is 36.1 Å². The summed E-state index contributed by atoms with van der Waals surface area (Å²) in [6.45, 7) is 6.43. The van der Waals surface area contributed by atoms with E-state index in [-0.39, 0.29) is 17.9 Å². The zero-order chi connectivity index (χ0) is 13.4. The number of hydrogen-bond acceptors (Lipinski definition) is 3. The summed E-state index contributed by atoms with van der Waals surface area (Å²) in [7, 11) is 0. The van der Waals surface area contributed by atoms with Gasteiger partial charge in [0.15, 0.2) is 0 Å². The highest BCUT2D eigenvalue weighted by molar-refractivity contribution is 5.88. The molecule has 0 saturated carbocycles. The summed E-state index contributed by atoms with van der Waals surface area (Å²) in [5.74, 6) is -0.0834. The molecule has 3 nitrogen and oxygen atoms in total. The van der Waals surface area contributed by atoms with Crippen LogP contribution in [0.3, 0.4) is 0 Å². The van der Waals surface area contributed by atoms with Crippen molar-refractivity contribution in [2.75, 3.05) is 6.61 Å². The fraction of sp³-hybridized carbons (Fsp3) is 0.533. The number of carbonyl (C=O) groups excluding carboxylic acids is 1. The minimum Gasteiger partial charge on any atom is -0.461 e. The van der Waals surface area contributed by atoms with Gasteiger partial charge in [-0.3, -0.25) is 0 Å². The number of hydrogen-bond donors (Lipinski definition) is 1. The van der Waals surface area contributed by atoms with Crippen molar-refractivity contribution in [1.82, 2.24) is 5.32 Å². The smallest absolute Gasteiger partial charge is 0.354 e. The normalized spacial score (nSPS) is 16.9. The number of esters is 1. The summed E-state index contributed by atoms with van der Waals surface area (Å²) in [4.78, 5) is 11.9. The number of nitrogens with one attached hydrogen (secondary N) is 1. The van der Waals surface area contributed by atoms with E-state index >= 15 is 0 Å². The van der Waals surface area contributed by atoms with E-state index < -0.39 is 0 Å². The molecule has 18 heavy (non-hydrogen) atoms. The number of allylic oxidation sites excluding steroid dienone is 5. The van der Waals surface area contributed by atoms with Crippen molar-refractivity contribution in [2.24, 2.45) is 5.92 Å². The Balaban J connectivity index is 2.70. The van der Waals surface area contributed by atoms with Crippen molar-refractivity contribution in [2.45, 2.75) is 39.7 Å². The molecule has 1 aliphatic rings. The molecule has 0 aromatic heterocycles. The fourth-order valence-corrected chi connectivity index (χ4v) is 1.91. The van der Waals surface area contributed by atoms with Gasteiger partial charge in [-0.1, -0.05) is 37.6 Å². The summed E-state index contributed by atoms with van der Waals surface area (Å²) in [6, 6.07) is 0.278. The fourth-order valence-electron chi connectivity index (χ4n) is 1.91. The van der Waals surface area contributed by atoms with Crippen LogP contribution in [-0.2, 0) is 9.53 Å². The van der Waals surface area contributed by atoms with E-state index in [1.807, 2.05) is 37.3 Å². The first-order chi connectivity index (χ1) is 8.67. The molecule has 100 valence electrons. The van der Waals surface area contributed by atoms with Crippen molar-refractivity contribution in [3.05, 3.63) is 36.1 Å². The van der Waals surface area contributed by atoms with Gasteiger partial charge in [-0.2, -0.15) is 0 Å². The van der Waals surface area contributed by atoms with Crippen LogP contribution in [0.2, 0.25) is 0 Å². The predicted molar refractivity (Wildman–Crippen MR) is 74.0 cm³/mol. The monoisotopic (exact) mass is 249 g/mol. The van der Waals surface area contributed by atoms with Crippen LogP contribution < -0.4 is 5.32 Å². The van der Waals surface area contributed by atoms with Crippen LogP contribution in [0.4, 0.5) is 0 Å². The maximum Gasteiger partial charge on any atom is 0.354 e. The van der Waals surface area contributed by atoms with Crippen LogP contribution in [-0.4, -0.2) is 18.6 Å². The Morgan fingerprint density at radius 3 is 2.61 bits per heavy atom. The Morgan fingerprint density at radius 1 is 1.39 bits per heavy atom. The SMILES string of the molecule is CCC[C@H](C)N/C(=C/C1C=CC=C1)C(=O)OCC. The van der Waals surface area contributed by atoms with Gasteiger partial charge in [0.2, 0.25) is 0 Å². The van der Waals surface area contributed by atoms with E-state index in [0.717, 1.165) is 12.8 Å². The summed E-state index contributed by atoms with van der Waals surface area (Å²) < 4.78 is 5.08. The maximum atomic E-state index is 11.9. The minimum atomic E-state index is -0.269. The Bertz CT molecular complexity index is 344. The Labute approximate surface area is 110 Å². The first kappa shape index (κ1) is 14.6. The van der Waals surface area contributed by atoms with Gasteiger partial charge >= 0.3 is 5.97 Å². The molecule has 1 rings (SSSR count). The highest BCUT2D eigenvalue weighted by Gasteiger charge is 2.14. The Hall–Kier alpha value is -1.51. The molecule has 3 heteroatoms. The van der Waals surface area contributed by atoms with Gasteiger partial charge in [-0.25, -0.2) is 4.79 Å². The van der Waals surface area contributed by atoms with Gasteiger partial charge in [0.25, 0.3) is 0 Å². The van der Waals surface area contributed by atoms with Crippen LogP contribution in [0.1, 0.15) is 33.6 Å². The zero-order valence-electron chi connectivity index (χ0n) is 11.5. The van der Waals surface area contributed by atoms with E-state index in [0.29, 0.717) is 12.3 Å². The highest BCUT2D eigenvalue weighted by atomic mass is 16.5. The lowest BCUT2D eigenvalue weighted by atomic mass is 10.1. The van der Waals surface area contributed by atoms with Gasteiger partial charge in [0.1, 0.15) is 5.70 Å². The average molecular weight is 249 g/mol. The summed E-state index contributed by atoms with van der Waals surface area (Å²) in [6.07, 6.45) is 12.1. The molecule has 0 amide bonds. The van der Waals surface area contributed by atoms with Crippen molar-refractivity contribution >= 4 is 5.97 Å². The Morgan fingerprint density at radius 2 is 2.06 bits per heavy atom. The van der Waals surface area contributed by atoms with Crippen LogP contribution in [0, 0.1) is 5.92 Å². The number of rotatable bonds is 7. The first-order valence-corrected chi connectivity index (χ1v) is 6.67. The van der Waals surface area contributed by atoms with Crippen molar-refractivity contribution in [3.8, 4) is 0 Å². The lowest BCUT2D eigenvalue weighted by Crippen LogP contribution is -2.30. The second-order valence-corrected chi connectivity index (χ2v) is 4.48. The van der Waals surface area contributed by atoms with Crippen LogP contribution in [0.25, 0.3) is 0 Å². The highest BCUT2D eigenvalue weighted by Crippen LogP contribution is 2.13. The van der Waals surface area contributed by atoms with Gasteiger partial charge in [-0.05, 0) is 26.3 Å². The molecule has 0 aromatic rings. The predicted octanol–water partition coefficient (Wildman–Crippen LogP) is 2.95. The van der Waals surface area contributed by atoms with Crippen molar-refractivity contribution < 1.29 is 9.53 Å². The maximum absolute atomic E-state index is 11.9. The Kier molecular flexibility index (Phi) is 6.26. The number of carbonyl (C=O) groups is 1. The molecule has 1 atom stereocenters. The average Bonchev–Trinajstić information content (AvgIpc) is 2.81. The molecule has 0 spiro atoms. The third-order valence-corrected chi connectivity index (χ3v) is 2.76. The van der Waals surface area contributed by atoms with Gasteiger partial charge in [-0.15, -0.1) is 0 Å². The van der Waals surface area contributed by atoms with E-state index in [9.17, 15) is 4.79 Å².